The van der Waals surface area contributed by atoms with Crippen molar-refractivity contribution >= 4 is 11.7 Å². The number of carbonyl (C=O) groups excluding carboxylic acids is 2. The van der Waals surface area contributed by atoms with Gasteiger partial charge in [0.2, 0.25) is 5.91 Å². The van der Waals surface area contributed by atoms with Crippen LogP contribution < -0.4 is 5.32 Å². The van der Waals surface area contributed by atoms with E-state index in [0.717, 1.165) is 32.5 Å². The van der Waals surface area contributed by atoms with Crippen molar-refractivity contribution in [2.24, 2.45) is 5.92 Å². The second-order valence-electron chi connectivity index (χ2n) is 5.22. The molecule has 0 bridgehead atoms. The Bertz CT molecular complexity index is 277. The molecule has 0 radical (unpaired) electrons. The van der Waals surface area contributed by atoms with Crippen LogP contribution >= 0.6 is 0 Å². The second kappa shape index (κ2) is 6.74. The molecule has 1 aliphatic heterocycles. The van der Waals surface area contributed by atoms with E-state index in [2.05, 4.69) is 10.2 Å². The monoisotopic (exact) mass is 240 g/mol. The SMILES string of the molecule is CC(=O)C1CCCN(CCC(=O)NC(C)C)C1. The largest absolute Gasteiger partial charge is 0.354 e. The van der Waals surface area contributed by atoms with Gasteiger partial charge < -0.3 is 10.2 Å². The van der Waals surface area contributed by atoms with Gasteiger partial charge in [-0.15, -0.1) is 0 Å². The van der Waals surface area contributed by atoms with Crippen molar-refractivity contribution in [3.05, 3.63) is 0 Å². The third kappa shape index (κ3) is 5.31. The summed E-state index contributed by atoms with van der Waals surface area (Å²) in [6.07, 6.45) is 2.60. The highest BCUT2D eigenvalue weighted by atomic mass is 16.1. The first-order valence-corrected chi connectivity index (χ1v) is 6.51. The summed E-state index contributed by atoms with van der Waals surface area (Å²) < 4.78 is 0. The number of nitrogens with zero attached hydrogens (tertiary/aromatic N) is 1. The molecule has 98 valence electrons. The van der Waals surface area contributed by atoms with E-state index in [1.807, 2.05) is 13.8 Å². The molecule has 0 aromatic rings. The molecule has 1 aliphatic rings. The van der Waals surface area contributed by atoms with Crippen LogP contribution in [0.4, 0.5) is 0 Å². The van der Waals surface area contributed by atoms with Crippen LogP contribution in [-0.2, 0) is 9.59 Å². The highest BCUT2D eigenvalue weighted by molar-refractivity contribution is 5.78. The third-order valence-electron chi connectivity index (χ3n) is 3.19. The Kier molecular flexibility index (Phi) is 5.62. The minimum absolute atomic E-state index is 0.102. The average molecular weight is 240 g/mol. The Balaban J connectivity index is 2.27. The molecule has 0 aromatic heterocycles. The van der Waals surface area contributed by atoms with Crippen molar-refractivity contribution in [1.82, 2.24) is 10.2 Å². The standard InChI is InChI=1S/C13H24N2O2/c1-10(2)14-13(17)6-8-15-7-4-5-12(9-15)11(3)16/h10,12H,4-9H2,1-3H3,(H,14,17). The Morgan fingerprint density at radius 3 is 2.71 bits per heavy atom. The lowest BCUT2D eigenvalue weighted by molar-refractivity contribution is -0.122. The zero-order valence-electron chi connectivity index (χ0n) is 11.2. The number of piperidine rings is 1. The minimum atomic E-state index is 0.102. The van der Waals surface area contributed by atoms with Crippen molar-refractivity contribution in [3.8, 4) is 0 Å². The molecule has 1 unspecified atom stereocenters. The van der Waals surface area contributed by atoms with Gasteiger partial charge in [-0.1, -0.05) is 0 Å². The van der Waals surface area contributed by atoms with Crippen molar-refractivity contribution < 1.29 is 9.59 Å². The maximum absolute atomic E-state index is 11.5. The predicted molar refractivity (Wildman–Crippen MR) is 67.7 cm³/mol. The molecule has 1 N–H and O–H groups in total. The molecule has 0 aliphatic carbocycles. The molecular weight excluding hydrogens is 216 g/mol. The quantitative estimate of drug-likeness (QED) is 0.785. The maximum atomic E-state index is 11.5. The summed E-state index contributed by atoms with van der Waals surface area (Å²) in [4.78, 5) is 25.1. The predicted octanol–water partition coefficient (Wildman–Crippen LogP) is 1.20. The van der Waals surface area contributed by atoms with Gasteiger partial charge >= 0.3 is 0 Å². The van der Waals surface area contributed by atoms with Crippen molar-refractivity contribution in [1.29, 1.82) is 0 Å². The summed E-state index contributed by atoms with van der Waals surface area (Å²) >= 11 is 0. The van der Waals surface area contributed by atoms with Crippen LogP contribution in [0.1, 0.15) is 40.0 Å². The number of hydrogen-bond donors (Lipinski definition) is 1. The number of amides is 1. The maximum Gasteiger partial charge on any atom is 0.221 e. The van der Waals surface area contributed by atoms with E-state index >= 15 is 0 Å². The molecule has 1 saturated heterocycles. The lowest BCUT2D eigenvalue weighted by atomic mass is 9.94. The van der Waals surface area contributed by atoms with E-state index in [9.17, 15) is 9.59 Å². The van der Waals surface area contributed by atoms with Crippen LogP contribution in [-0.4, -0.2) is 42.3 Å². The summed E-state index contributed by atoms with van der Waals surface area (Å²) in [5, 5.41) is 2.88. The molecule has 0 spiro atoms. The number of rotatable bonds is 5. The first-order valence-electron chi connectivity index (χ1n) is 6.51. The van der Waals surface area contributed by atoms with Crippen LogP contribution in [0, 0.1) is 5.92 Å². The van der Waals surface area contributed by atoms with E-state index in [4.69, 9.17) is 0 Å². The van der Waals surface area contributed by atoms with Crippen molar-refractivity contribution in [3.63, 3.8) is 0 Å². The van der Waals surface area contributed by atoms with E-state index in [-0.39, 0.29) is 23.7 Å². The summed E-state index contributed by atoms with van der Waals surface area (Å²) in [5.74, 6) is 0.559. The van der Waals surface area contributed by atoms with Crippen LogP contribution in [0.2, 0.25) is 0 Å². The van der Waals surface area contributed by atoms with E-state index < -0.39 is 0 Å². The highest BCUT2D eigenvalue weighted by Crippen LogP contribution is 2.17. The highest BCUT2D eigenvalue weighted by Gasteiger charge is 2.23. The summed E-state index contributed by atoms with van der Waals surface area (Å²) in [7, 11) is 0. The van der Waals surface area contributed by atoms with Crippen LogP contribution in [0.25, 0.3) is 0 Å². The smallest absolute Gasteiger partial charge is 0.221 e. The van der Waals surface area contributed by atoms with Gasteiger partial charge in [-0.05, 0) is 40.2 Å². The second-order valence-corrected chi connectivity index (χ2v) is 5.22. The molecule has 1 heterocycles. The number of likely N-dealkylation sites (tertiary alicyclic amines) is 1. The Morgan fingerprint density at radius 2 is 2.12 bits per heavy atom. The number of ketones is 1. The fraction of sp³-hybridized carbons (Fsp3) is 0.846. The molecule has 4 heteroatoms. The van der Waals surface area contributed by atoms with Gasteiger partial charge in [0.1, 0.15) is 5.78 Å². The van der Waals surface area contributed by atoms with Gasteiger partial charge in [-0.3, -0.25) is 9.59 Å². The molecule has 4 nitrogen and oxygen atoms in total. The van der Waals surface area contributed by atoms with E-state index in [1.165, 1.54) is 0 Å². The molecule has 0 saturated carbocycles. The zero-order chi connectivity index (χ0) is 12.8. The molecule has 0 aromatic carbocycles. The number of Topliss-reactive ketones (excluding diaryl/α,β-unsaturated/α-hetero) is 1. The molecular formula is C13H24N2O2. The molecule has 17 heavy (non-hydrogen) atoms. The van der Waals surface area contributed by atoms with Crippen LogP contribution in [0.5, 0.6) is 0 Å². The van der Waals surface area contributed by atoms with E-state index in [1.54, 1.807) is 6.92 Å². The van der Waals surface area contributed by atoms with Crippen molar-refractivity contribution in [2.75, 3.05) is 19.6 Å². The molecule has 1 atom stereocenters. The molecule has 1 rings (SSSR count). The number of carbonyl (C=O) groups is 2. The van der Waals surface area contributed by atoms with E-state index in [0.29, 0.717) is 6.42 Å². The minimum Gasteiger partial charge on any atom is -0.354 e. The van der Waals surface area contributed by atoms with Crippen LogP contribution in [0.15, 0.2) is 0 Å². The van der Waals surface area contributed by atoms with Gasteiger partial charge in [0, 0.05) is 31.5 Å². The number of nitrogens with one attached hydrogen (secondary N) is 1. The summed E-state index contributed by atoms with van der Waals surface area (Å²) in [5.41, 5.74) is 0. The summed E-state index contributed by atoms with van der Waals surface area (Å²) in [6.45, 7) is 8.19. The van der Waals surface area contributed by atoms with Gasteiger partial charge in [0.25, 0.3) is 0 Å². The topological polar surface area (TPSA) is 49.4 Å². The Hall–Kier alpha value is -0.900. The summed E-state index contributed by atoms with van der Waals surface area (Å²) in [6, 6.07) is 0.203. The van der Waals surface area contributed by atoms with Gasteiger partial charge in [-0.25, -0.2) is 0 Å². The lowest BCUT2D eigenvalue weighted by Crippen LogP contribution is -2.40. The zero-order valence-corrected chi connectivity index (χ0v) is 11.2. The van der Waals surface area contributed by atoms with Gasteiger partial charge in [-0.2, -0.15) is 0 Å². The first-order chi connectivity index (χ1) is 7.99. The Labute approximate surface area is 104 Å². The van der Waals surface area contributed by atoms with Gasteiger partial charge in [0.15, 0.2) is 0 Å². The first kappa shape index (κ1) is 14.2. The third-order valence-corrected chi connectivity index (χ3v) is 3.19. The fourth-order valence-electron chi connectivity index (χ4n) is 2.24. The lowest BCUT2D eigenvalue weighted by Gasteiger charge is -2.31. The average Bonchev–Trinajstić information content (AvgIpc) is 2.26. The molecule has 1 fully saturated rings. The Morgan fingerprint density at radius 1 is 1.41 bits per heavy atom. The molecule has 1 amide bonds. The van der Waals surface area contributed by atoms with Gasteiger partial charge in [0.05, 0.1) is 0 Å². The van der Waals surface area contributed by atoms with Crippen LogP contribution in [0.3, 0.4) is 0 Å². The normalized spacial score (nSPS) is 21.5. The van der Waals surface area contributed by atoms with Crippen molar-refractivity contribution in [2.45, 2.75) is 46.1 Å². The number of hydrogen-bond acceptors (Lipinski definition) is 3. The fourth-order valence-corrected chi connectivity index (χ4v) is 2.24.